The number of esters is 1. The minimum absolute atomic E-state index is 0.0631. The summed E-state index contributed by atoms with van der Waals surface area (Å²) in [6.45, 7) is 4.15. The van der Waals surface area contributed by atoms with Gasteiger partial charge >= 0.3 is 5.97 Å². The SMILES string of the molecule is CCSCCOC(=O)C1=C(C)NC2=C(C(=O)C[C@@H](c3ccc(OC)c(OC)c3)C2)[C@H]1c1ccc(OC)c(O)c1. The van der Waals surface area contributed by atoms with E-state index >= 15 is 0 Å². The Morgan fingerprint density at radius 3 is 2.36 bits per heavy atom. The van der Waals surface area contributed by atoms with E-state index in [1.807, 2.05) is 32.0 Å². The van der Waals surface area contributed by atoms with Crippen LogP contribution in [-0.4, -0.2) is 56.3 Å². The molecule has 0 aromatic heterocycles. The largest absolute Gasteiger partial charge is 0.504 e. The van der Waals surface area contributed by atoms with Crippen molar-refractivity contribution in [2.24, 2.45) is 0 Å². The number of thioether (sulfide) groups is 1. The van der Waals surface area contributed by atoms with Crippen molar-refractivity contribution >= 4 is 23.5 Å². The molecule has 208 valence electrons. The number of carbonyl (C=O) groups excluding carboxylic acids is 2. The number of nitrogens with one attached hydrogen (secondary N) is 1. The molecule has 0 unspecified atom stereocenters. The van der Waals surface area contributed by atoms with Crippen molar-refractivity contribution in [1.29, 1.82) is 0 Å². The third kappa shape index (κ3) is 5.88. The Hall–Kier alpha value is -3.59. The Kier molecular flexibility index (Phi) is 9.12. The molecule has 0 spiro atoms. The van der Waals surface area contributed by atoms with Gasteiger partial charge in [-0.1, -0.05) is 19.1 Å². The first-order valence-corrected chi connectivity index (χ1v) is 14.1. The van der Waals surface area contributed by atoms with Crippen molar-refractivity contribution in [3.05, 3.63) is 70.1 Å². The predicted molar refractivity (Wildman–Crippen MR) is 151 cm³/mol. The summed E-state index contributed by atoms with van der Waals surface area (Å²) >= 11 is 1.69. The van der Waals surface area contributed by atoms with Crippen LogP contribution in [0, 0.1) is 0 Å². The number of Topliss-reactive ketones (excluding diaryl/α,β-unsaturated/α-hetero) is 1. The van der Waals surface area contributed by atoms with Crippen LogP contribution in [0.15, 0.2) is 58.9 Å². The molecule has 0 bridgehead atoms. The lowest BCUT2D eigenvalue weighted by Gasteiger charge is -2.37. The molecule has 0 saturated carbocycles. The lowest BCUT2D eigenvalue weighted by Crippen LogP contribution is -2.36. The zero-order chi connectivity index (χ0) is 28.1. The number of methoxy groups -OCH3 is 3. The third-order valence-electron chi connectivity index (χ3n) is 7.13. The minimum atomic E-state index is -0.678. The molecule has 1 aliphatic carbocycles. The van der Waals surface area contributed by atoms with Crippen LogP contribution in [0.25, 0.3) is 0 Å². The number of phenols is 1. The highest BCUT2D eigenvalue weighted by molar-refractivity contribution is 7.99. The van der Waals surface area contributed by atoms with E-state index in [-0.39, 0.29) is 30.5 Å². The van der Waals surface area contributed by atoms with Gasteiger partial charge in [-0.3, -0.25) is 4.79 Å². The predicted octanol–water partition coefficient (Wildman–Crippen LogP) is 5.08. The molecule has 0 radical (unpaired) electrons. The van der Waals surface area contributed by atoms with Gasteiger partial charge in [0.15, 0.2) is 28.8 Å². The lowest BCUT2D eigenvalue weighted by atomic mass is 9.71. The molecule has 2 aromatic rings. The Balaban J connectivity index is 1.74. The smallest absolute Gasteiger partial charge is 0.336 e. The standard InChI is InChI=1S/C30H35NO7S/c1-6-39-12-11-38-30(34)27-17(2)31-21-13-20(18-7-10-25(36-4)26(16-18)37-5)15-23(33)29(21)28(27)19-8-9-24(35-3)22(32)14-19/h7-10,14,16,20,28,31-32H,6,11-13,15H2,1-5H3/t20-,28-/m0/s1. The molecule has 9 heteroatoms. The number of rotatable bonds is 10. The van der Waals surface area contributed by atoms with Crippen LogP contribution in [0.5, 0.6) is 23.0 Å². The molecule has 2 aliphatic rings. The van der Waals surface area contributed by atoms with Gasteiger partial charge < -0.3 is 29.4 Å². The highest BCUT2D eigenvalue weighted by Gasteiger charge is 2.41. The summed E-state index contributed by atoms with van der Waals surface area (Å²) in [5.74, 6) is 1.80. The zero-order valence-electron chi connectivity index (χ0n) is 23.0. The second kappa shape index (κ2) is 12.5. The fourth-order valence-electron chi connectivity index (χ4n) is 5.29. The molecule has 0 saturated heterocycles. The van der Waals surface area contributed by atoms with Crippen LogP contribution in [0.1, 0.15) is 49.7 Å². The molecule has 1 heterocycles. The fraction of sp³-hybridized carbons (Fsp3) is 0.400. The average molecular weight is 554 g/mol. The molecule has 39 heavy (non-hydrogen) atoms. The van der Waals surface area contributed by atoms with Gasteiger partial charge in [0, 0.05) is 35.1 Å². The number of phenolic OH excluding ortho intramolecular Hbond substituents is 1. The average Bonchev–Trinajstić information content (AvgIpc) is 2.93. The normalized spacial score (nSPS) is 18.8. The summed E-state index contributed by atoms with van der Waals surface area (Å²) in [5.41, 5.74) is 3.88. The van der Waals surface area contributed by atoms with E-state index in [1.54, 1.807) is 44.2 Å². The molecule has 2 atom stereocenters. The van der Waals surface area contributed by atoms with E-state index < -0.39 is 11.9 Å². The van der Waals surface area contributed by atoms with Gasteiger partial charge in [-0.25, -0.2) is 4.79 Å². The first kappa shape index (κ1) is 28.4. The number of ether oxygens (including phenoxy) is 4. The van der Waals surface area contributed by atoms with Gasteiger partial charge in [-0.2, -0.15) is 11.8 Å². The van der Waals surface area contributed by atoms with Crippen molar-refractivity contribution < 1.29 is 33.6 Å². The number of allylic oxidation sites excluding steroid dienone is 3. The summed E-state index contributed by atoms with van der Waals surface area (Å²) < 4.78 is 21.7. The van der Waals surface area contributed by atoms with E-state index in [1.165, 1.54) is 7.11 Å². The molecule has 0 fully saturated rings. The van der Waals surface area contributed by atoms with Crippen molar-refractivity contribution in [2.75, 3.05) is 39.4 Å². The first-order valence-electron chi connectivity index (χ1n) is 12.9. The van der Waals surface area contributed by atoms with Gasteiger partial charge in [0.05, 0.1) is 26.9 Å². The summed E-state index contributed by atoms with van der Waals surface area (Å²) in [6, 6.07) is 10.7. The molecular formula is C30H35NO7S. The zero-order valence-corrected chi connectivity index (χ0v) is 23.8. The fourth-order valence-corrected chi connectivity index (χ4v) is 5.78. The van der Waals surface area contributed by atoms with E-state index in [9.17, 15) is 14.7 Å². The molecule has 0 amide bonds. The number of aromatic hydroxyl groups is 1. The second-order valence-electron chi connectivity index (χ2n) is 9.40. The van der Waals surface area contributed by atoms with Crippen LogP contribution in [-0.2, 0) is 14.3 Å². The van der Waals surface area contributed by atoms with Crippen LogP contribution in [0.3, 0.4) is 0 Å². The van der Waals surface area contributed by atoms with E-state index in [0.29, 0.717) is 51.8 Å². The molecule has 4 rings (SSSR count). The number of benzene rings is 2. The Morgan fingerprint density at radius 1 is 1.00 bits per heavy atom. The second-order valence-corrected chi connectivity index (χ2v) is 10.8. The lowest BCUT2D eigenvalue weighted by molar-refractivity contribution is -0.138. The number of dihydropyridines is 1. The molecule has 2 aromatic carbocycles. The molecule has 2 N–H and O–H groups in total. The Bertz CT molecular complexity index is 1320. The van der Waals surface area contributed by atoms with Gasteiger partial charge in [-0.15, -0.1) is 0 Å². The summed E-state index contributed by atoms with van der Waals surface area (Å²) in [7, 11) is 4.64. The van der Waals surface area contributed by atoms with Gasteiger partial charge in [0.25, 0.3) is 0 Å². The van der Waals surface area contributed by atoms with Gasteiger partial charge in [0.1, 0.15) is 6.61 Å². The summed E-state index contributed by atoms with van der Waals surface area (Å²) in [4.78, 5) is 27.2. The molecule has 1 aliphatic heterocycles. The van der Waals surface area contributed by atoms with Crippen LogP contribution in [0.2, 0.25) is 0 Å². The van der Waals surface area contributed by atoms with Crippen molar-refractivity contribution in [1.82, 2.24) is 5.32 Å². The Labute approximate surface area is 233 Å². The number of hydrogen-bond donors (Lipinski definition) is 2. The van der Waals surface area contributed by atoms with Gasteiger partial charge in [0.2, 0.25) is 0 Å². The maximum Gasteiger partial charge on any atom is 0.336 e. The molecule has 8 nitrogen and oxygen atoms in total. The van der Waals surface area contributed by atoms with E-state index in [4.69, 9.17) is 18.9 Å². The molecular weight excluding hydrogens is 518 g/mol. The number of hydrogen-bond acceptors (Lipinski definition) is 9. The van der Waals surface area contributed by atoms with Gasteiger partial charge in [-0.05, 0) is 60.4 Å². The van der Waals surface area contributed by atoms with E-state index in [0.717, 1.165) is 17.0 Å². The van der Waals surface area contributed by atoms with Crippen molar-refractivity contribution in [3.63, 3.8) is 0 Å². The van der Waals surface area contributed by atoms with Crippen LogP contribution < -0.4 is 19.5 Å². The third-order valence-corrected chi connectivity index (χ3v) is 7.99. The van der Waals surface area contributed by atoms with Crippen LogP contribution >= 0.6 is 11.8 Å². The summed E-state index contributed by atoms with van der Waals surface area (Å²) in [5, 5.41) is 13.9. The van der Waals surface area contributed by atoms with Crippen molar-refractivity contribution in [2.45, 2.75) is 38.5 Å². The Morgan fingerprint density at radius 2 is 1.69 bits per heavy atom. The van der Waals surface area contributed by atoms with Crippen LogP contribution in [0.4, 0.5) is 0 Å². The monoisotopic (exact) mass is 553 g/mol. The highest BCUT2D eigenvalue weighted by Crippen LogP contribution is 2.47. The summed E-state index contributed by atoms with van der Waals surface area (Å²) in [6.07, 6.45) is 0.838. The minimum Gasteiger partial charge on any atom is -0.504 e. The van der Waals surface area contributed by atoms with E-state index in [2.05, 4.69) is 5.32 Å². The quantitative estimate of drug-likeness (QED) is 0.308. The highest BCUT2D eigenvalue weighted by atomic mass is 32.2. The first-order chi connectivity index (χ1) is 18.8. The number of carbonyl (C=O) groups is 2. The number of ketones is 1. The topological polar surface area (TPSA) is 103 Å². The maximum absolute atomic E-state index is 13.8. The van der Waals surface area contributed by atoms with Crippen molar-refractivity contribution in [3.8, 4) is 23.0 Å². The maximum atomic E-state index is 13.8.